The topological polar surface area (TPSA) is 18.5 Å². The molecule has 0 aromatic carbocycles. The van der Waals surface area contributed by atoms with Crippen molar-refractivity contribution in [1.29, 1.82) is 0 Å². The molecule has 1 saturated heterocycles. The highest BCUT2D eigenvalue weighted by Crippen LogP contribution is 2.01. The van der Waals surface area contributed by atoms with Crippen molar-refractivity contribution in [2.45, 2.75) is 32.7 Å². The molecule has 1 fully saturated rings. The van der Waals surface area contributed by atoms with Crippen LogP contribution in [0.25, 0.3) is 0 Å². The second-order valence-corrected chi connectivity index (χ2v) is 4.96. The molecule has 0 unspecified atom stereocenters. The summed E-state index contributed by atoms with van der Waals surface area (Å²) in [6, 6.07) is 0.633. The summed E-state index contributed by atoms with van der Waals surface area (Å²) in [7, 11) is 2.21. The van der Waals surface area contributed by atoms with Crippen LogP contribution in [0.15, 0.2) is 0 Å². The maximum Gasteiger partial charge on any atom is 0.0110 e. The van der Waals surface area contributed by atoms with Gasteiger partial charge >= 0.3 is 0 Å². The number of rotatable bonds is 6. The Morgan fingerprint density at radius 3 is 2.33 bits per heavy atom. The Morgan fingerprint density at radius 1 is 1.07 bits per heavy atom. The van der Waals surface area contributed by atoms with Crippen LogP contribution in [0.1, 0.15) is 26.7 Å². The predicted molar refractivity (Wildman–Crippen MR) is 66.3 cm³/mol. The van der Waals surface area contributed by atoms with Crippen molar-refractivity contribution in [2.75, 3.05) is 46.3 Å². The molecule has 0 amide bonds. The molecule has 1 N–H and O–H groups in total. The largest absolute Gasteiger partial charge is 0.315 e. The molecule has 1 heterocycles. The van der Waals surface area contributed by atoms with Gasteiger partial charge < -0.3 is 15.1 Å². The van der Waals surface area contributed by atoms with Crippen LogP contribution >= 0.6 is 0 Å². The Morgan fingerprint density at radius 2 is 1.73 bits per heavy atom. The molecule has 0 aromatic heterocycles. The molecular weight excluding hydrogens is 186 g/mol. The number of nitrogens with zero attached hydrogens (tertiary/aromatic N) is 2. The fraction of sp³-hybridized carbons (Fsp3) is 1.00. The van der Waals surface area contributed by atoms with E-state index in [-0.39, 0.29) is 0 Å². The van der Waals surface area contributed by atoms with Gasteiger partial charge in [0.25, 0.3) is 0 Å². The number of unbranched alkanes of at least 4 members (excludes halogenated alkanes) is 1. The van der Waals surface area contributed by atoms with Crippen LogP contribution in [0.4, 0.5) is 0 Å². The van der Waals surface area contributed by atoms with E-state index >= 15 is 0 Å². The smallest absolute Gasteiger partial charge is 0.0110 e. The monoisotopic (exact) mass is 213 g/mol. The molecule has 0 aliphatic carbocycles. The van der Waals surface area contributed by atoms with Crippen LogP contribution < -0.4 is 5.32 Å². The molecule has 1 aliphatic rings. The Labute approximate surface area is 94.8 Å². The fourth-order valence-electron chi connectivity index (χ4n) is 1.92. The molecule has 15 heavy (non-hydrogen) atoms. The van der Waals surface area contributed by atoms with Gasteiger partial charge in [-0.15, -0.1) is 0 Å². The lowest BCUT2D eigenvalue weighted by Gasteiger charge is -2.32. The van der Waals surface area contributed by atoms with Gasteiger partial charge in [0.15, 0.2) is 0 Å². The SMILES string of the molecule is CC(C)NCCCCN1CCN(C)CC1. The molecular formula is C12H27N3. The van der Waals surface area contributed by atoms with E-state index in [0.717, 1.165) is 0 Å². The third-order valence-corrected chi connectivity index (χ3v) is 3.05. The Balaban J connectivity index is 1.91. The van der Waals surface area contributed by atoms with Gasteiger partial charge in [0.05, 0.1) is 0 Å². The molecule has 0 aromatic rings. The van der Waals surface area contributed by atoms with E-state index in [1.54, 1.807) is 0 Å². The van der Waals surface area contributed by atoms with Crippen LogP contribution in [-0.2, 0) is 0 Å². The van der Waals surface area contributed by atoms with Gasteiger partial charge in [-0.3, -0.25) is 0 Å². The van der Waals surface area contributed by atoms with E-state index in [4.69, 9.17) is 0 Å². The number of hydrogen-bond donors (Lipinski definition) is 1. The Bertz CT molecular complexity index is 151. The maximum atomic E-state index is 3.46. The van der Waals surface area contributed by atoms with Gasteiger partial charge in [-0.1, -0.05) is 13.8 Å². The van der Waals surface area contributed by atoms with Crippen LogP contribution in [0, 0.1) is 0 Å². The van der Waals surface area contributed by atoms with Gasteiger partial charge in [0.2, 0.25) is 0 Å². The first-order valence-corrected chi connectivity index (χ1v) is 6.33. The molecule has 0 atom stereocenters. The second kappa shape index (κ2) is 7.20. The van der Waals surface area contributed by atoms with E-state index in [0.29, 0.717) is 6.04 Å². The zero-order valence-corrected chi connectivity index (χ0v) is 10.6. The lowest BCUT2D eigenvalue weighted by molar-refractivity contribution is 0.152. The summed E-state index contributed by atoms with van der Waals surface area (Å²) in [4.78, 5) is 5.01. The Hall–Kier alpha value is -0.120. The molecule has 1 rings (SSSR count). The van der Waals surface area contributed by atoms with E-state index in [2.05, 4.69) is 36.0 Å². The first-order valence-electron chi connectivity index (χ1n) is 6.33. The standard InChI is InChI=1S/C12H27N3/c1-12(2)13-6-4-5-7-15-10-8-14(3)9-11-15/h12-13H,4-11H2,1-3H3. The molecule has 3 nitrogen and oxygen atoms in total. The number of nitrogens with one attached hydrogen (secondary N) is 1. The minimum Gasteiger partial charge on any atom is -0.315 e. The van der Waals surface area contributed by atoms with Crippen LogP contribution in [-0.4, -0.2) is 62.2 Å². The highest BCUT2D eigenvalue weighted by molar-refractivity contribution is 4.69. The van der Waals surface area contributed by atoms with Crippen LogP contribution in [0.3, 0.4) is 0 Å². The summed E-state index contributed by atoms with van der Waals surface area (Å²) in [5.74, 6) is 0. The quantitative estimate of drug-likeness (QED) is 0.664. The molecule has 0 spiro atoms. The maximum absolute atomic E-state index is 3.46. The van der Waals surface area contributed by atoms with E-state index < -0.39 is 0 Å². The summed E-state index contributed by atoms with van der Waals surface area (Å²) in [6.07, 6.45) is 2.65. The average Bonchev–Trinajstić information content (AvgIpc) is 2.20. The number of likely N-dealkylation sites (N-methyl/N-ethyl adjacent to an activating group) is 1. The molecule has 0 bridgehead atoms. The van der Waals surface area contributed by atoms with Crippen molar-refractivity contribution in [1.82, 2.24) is 15.1 Å². The van der Waals surface area contributed by atoms with Crippen molar-refractivity contribution in [2.24, 2.45) is 0 Å². The summed E-state index contributed by atoms with van der Waals surface area (Å²) in [6.45, 7) is 11.9. The normalized spacial score (nSPS) is 20.0. The number of piperazine rings is 1. The second-order valence-electron chi connectivity index (χ2n) is 4.96. The highest BCUT2D eigenvalue weighted by Gasteiger charge is 2.12. The van der Waals surface area contributed by atoms with Crippen LogP contribution in [0.5, 0.6) is 0 Å². The third kappa shape index (κ3) is 6.13. The molecule has 0 radical (unpaired) electrons. The van der Waals surface area contributed by atoms with Gasteiger partial charge in [0.1, 0.15) is 0 Å². The summed E-state index contributed by atoms with van der Waals surface area (Å²) < 4.78 is 0. The van der Waals surface area contributed by atoms with Gasteiger partial charge in [-0.25, -0.2) is 0 Å². The highest BCUT2D eigenvalue weighted by atomic mass is 15.2. The fourth-order valence-corrected chi connectivity index (χ4v) is 1.92. The molecule has 3 heteroatoms. The van der Waals surface area contributed by atoms with Crippen molar-refractivity contribution >= 4 is 0 Å². The third-order valence-electron chi connectivity index (χ3n) is 3.05. The molecule has 1 aliphatic heterocycles. The summed E-state index contributed by atoms with van der Waals surface area (Å²) in [5, 5.41) is 3.46. The lowest BCUT2D eigenvalue weighted by atomic mass is 10.2. The zero-order valence-electron chi connectivity index (χ0n) is 10.6. The van der Waals surface area contributed by atoms with Gasteiger partial charge in [-0.05, 0) is 33.0 Å². The summed E-state index contributed by atoms with van der Waals surface area (Å²) >= 11 is 0. The van der Waals surface area contributed by atoms with Gasteiger partial charge in [0, 0.05) is 32.2 Å². The molecule has 90 valence electrons. The minimum atomic E-state index is 0.633. The van der Waals surface area contributed by atoms with Gasteiger partial charge in [-0.2, -0.15) is 0 Å². The van der Waals surface area contributed by atoms with E-state index in [1.165, 1.54) is 52.1 Å². The zero-order chi connectivity index (χ0) is 11.1. The first-order chi connectivity index (χ1) is 7.18. The lowest BCUT2D eigenvalue weighted by Crippen LogP contribution is -2.44. The Kier molecular flexibility index (Phi) is 6.22. The van der Waals surface area contributed by atoms with E-state index in [1.807, 2.05) is 0 Å². The molecule has 0 saturated carbocycles. The van der Waals surface area contributed by atoms with E-state index in [9.17, 15) is 0 Å². The first kappa shape index (κ1) is 12.9. The van der Waals surface area contributed by atoms with Crippen molar-refractivity contribution in [3.05, 3.63) is 0 Å². The minimum absolute atomic E-state index is 0.633. The van der Waals surface area contributed by atoms with Crippen LogP contribution in [0.2, 0.25) is 0 Å². The van der Waals surface area contributed by atoms with Crippen molar-refractivity contribution in [3.8, 4) is 0 Å². The predicted octanol–water partition coefficient (Wildman–Crippen LogP) is 1.01. The summed E-state index contributed by atoms with van der Waals surface area (Å²) in [5.41, 5.74) is 0. The number of hydrogen-bond acceptors (Lipinski definition) is 3. The van der Waals surface area contributed by atoms with Crippen molar-refractivity contribution < 1.29 is 0 Å². The van der Waals surface area contributed by atoms with Crippen molar-refractivity contribution in [3.63, 3.8) is 0 Å². The average molecular weight is 213 g/mol.